The van der Waals surface area contributed by atoms with Crippen LogP contribution in [0.4, 0.5) is 5.82 Å². The molecular weight excluding hydrogens is 504 g/mol. The highest BCUT2D eigenvalue weighted by molar-refractivity contribution is 8.26. The molecule has 0 saturated carbocycles. The normalized spacial score (nSPS) is 19.1. The van der Waals surface area contributed by atoms with E-state index >= 15 is 0 Å². The average molecular weight is 533 g/mol. The third kappa shape index (κ3) is 5.47. The number of anilines is 1. The number of hydrogen-bond donors (Lipinski definition) is 1. The maximum atomic E-state index is 13.2. The predicted octanol–water partition coefficient (Wildman–Crippen LogP) is 2.50. The molecule has 1 unspecified atom stereocenters. The smallest absolute Gasteiger partial charge is 0.310 e. The van der Waals surface area contributed by atoms with Crippen LogP contribution in [0.2, 0.25) is 0 Å². The molecule has 2 fully saturated rings. The number of aromatic nitrogens is 1. The molecule has 3 rings (SSSR count). The minimum absolute atomic E-state index is 0.0212. The number of carbonyl (C=O) groups is 3. The molecule has 1 amide bonds. The van der Waals surface area contributed by atoms with Crippen LogP contribution < -0.4 is 10.5 Å². The fourth-order valence-corrected chi connectivity index (χ4v) is 5.72. The number of nitriles is 1. The Hall–Kier alpha value is -3.17. The molecule has 3 heterocycles. The largest absolute Gasteiger partial charge is 0.481 e. The molecular formula is C24H28N4O6S2. The first-order chi connectivity index (χ1) is 17.1. The number of hydrogen-bond acceptors (Lipinski definition) is 9. The highest BCUT2D eigenvalue weighted by Gasteiger charge is 2.34. The van der Waals surface area contributed by atoms with Crippen LogP contribution in [0.3, 0.4) is 0 Å². The first-order valence-corrected chi connectivity index (χ1v) is 12.9. The lowest BCUT2D eigenvalue weighted by molar-refractivity contribution is -0.148. The van der Waals surface area contributed by atoms with E-state index in [2.05, 4.69) is 0 Å². The molecule has 192 valence electrons. The Morgan fingerprint density at radius 2 is 2.06 bits per heavy atom. The molecule has 0 bridgehead atoms. The highest BCUT2D eigenvalue weighted by atomic mass is 32.2. The van der Waals surface area contributed by atoms with Crippen LogP contribution in [0.15, 0.2) is 9.70 Å². The highest BCUT2D eigenvalue weighted by Crippen LogP contribution is 2.37. The summed E-state index contributed by atoms with van der Waals surface area (Å²) in [5.41, 5.74) is 0.497. The van der Waals surface area contributed by atoms with Crippen molar-refractivity contribution in [2.45, 2.75) is 46.6 Å². The SMILES string of the molecule is CCOC(=O)C1CCCN(c2c(/C=C3\SC(=S)N(CCC(=O)O)C3=O)c(C)c(C#N)c(=O)n2CC)C1. The van der Waals surface area contributed by atoms with E-state index < -0.39 is 17.4 Å². The summed E-state index contributed by atoms with van der Waals surface area (Å²) >= 11 is 6.35. The summed E-state index contributed by atoms with van der Waals surface area (Å²) in [6, 6.07) is 1.99. The van der Waals surface area contributed by atoms with Crippen LogP contribution in [-0.2, 0) is 25.7 Å². The molecule has 0 aliphatic carbocycles. The van der Waals surface area contributed by atoms with E-state index in [-0.39, 0.29) is 52.8 Å². The van der Waals surface area contributed by atoms with E-state index in [1.54, 1.807) is 26.8 Å². The van der Waals surface area contributed by atoms with E-state index in [1.807, 2.05) is 11.0 Å². The van der Waals surface area contributed by atoms with Crippen molar-refractivity contribution in [1.29, 1.82) is 5.26 Å². The first kappa shape index (κ1) is 27.4. The zero-order chi connectivity index (χ0) is 26.6. The van der Waals surface area contributed by atoms with Crippen LogP contribution in [0, 0.1) is 24.2 Å². The summed E-state index contributed by atoms with van der Waals surface area (Å²) in [7, 11) is 0. The molecule has 10 nitrogen and oxygen atoms in total. The first-order valence-electron chi connectivity index (χ1n) is 11.7. The van der Waals surface area contributed by atoms with E-state index in [4.69, 9.17) is 22.1 Å². The van der Waals surface area contributed by atoms with Gasteiger partial charge < -0.3 is 14.7 Å². The van der Waals surface area contributed by atoms with Crippen LogP contribution in [0.25, 0.3) is 6.08 Å². The second-order valence-corrected chi connectivity index (χ2v) is 10.1. The molecule has 2 aliphatic heterocycles. The summed E-state index contributed by atoms with van der Waals surface area (Å²) in [6.45, 7) is 6.64. The lowest BCUT2D eigenvalue weighted by Crippen LogP contribution is -2.43. The van der Waals surface area contributed by atoms with E-state index in [0.29, 0.717) is 42.9 Å². The van der Waals surface area contributed by atoms with E-state index in [9.17, 15) is 24.4 Å². The fourth-order valence-electron chi connectivity index (χ4n) is 4.43. The van der Waals surface area contributed by atoms with Gasteiger partial charge in [0.25, 0.3) is 11.5 Å². The molecule has 1 atom stereocenters. The molecule has 0 radical (unpaired) electrons. The average Bonchev–Trinajstić information content (AvgIpc) is 3.11. The van der Waals surface area contributed by atoms with Gasteiger partial charge in [-0.1, -0.05) is 24.0 Å². The number of carboxylic acid groups (broad SMARTS) is 1. The molecule has 1 aromatic rings. The van der Waals surface area contributed by atoms with Crippen molar-refractivity contribution in [2.24, 2.45) is 5.92 Å². The van der Waals surface area contributed by atoms with Gasteiger partial charge in [-0.05, 0) is 45.3 Å². The Morgan fingerprint density at radius 3 is 2.67 bits per heavy atom. The molecule has 0 spiro atoms. The number of carboxylic acids is 1. The number of piperidine rings is 1. The van der Waals surface area contributed by atoms with Gasteiger partial charge in [0.1, 0.15) is 21.8 Å². The van der Waals surface area contributed by atoms with E-state index in [0.717, 1.165) is 11.8 Å². The second-order valence-electron chi connectivity index (χ2n) is 8.41. The zero-order valence-electron chi connectivity index (χ0n) is 20.4. The van der Waals surface area contributed by atoms with Gasteiger partial charge >= 0.3 is 11.9 Å². The number of rotatable bonds is 8. The van der Waals surface area contributed by atoms with Gasteiger partial charge in [-0.3, -0.25) is 28.6 Å². The minimum atomic E-state index is -1.04. The molecule has 2 saturated heterocycles. The van der Waals surface area contributed by atoms with Gasteiger partial charge in [-0.15, -0.1) is 0 Å². The maximum Gasteiger partial charge on any atom is 0.310 e. The van der Waals surface area contributed by atoms with Crippen LogP contribution in [-0.4, -0.2) is 63.0 Å². The third-order valence-electron chi connectivity index (χ3n) is 6.20. The van der Waals surface area contributed by atoms with E-state index in [1.165, 1.54) is 9.47 Å². The van der Waals surface area contributed by atoms with Crippen LogP contribution in [0.5, 0.6) is 0 Å². The number of nitrogens with zero attached hydrogens (tertiary/aromatic N) is 4. The van der Waals surface area contributed by atoms with Crippen molar-refractivity contribution in [3.8, 4) is 6.07 Å². The lowest BCUT2D eigenvalue weighted by Gasteiger charge is -2.36. The number of aliphatic carboxylic acids is 1. The van der Waals surface area contributed by atoms with Crippen molar-refractivity contribution in [2.75, 3.05) is 31.1 Å². The summed E-state index contributed by atoms with van der Waals surface area (Å²) in [4.78, 5) is 53.2. The Bertz CT molecular complexity index is 1230. The van der Waals surface area contributed by atoms with Crippen molar-refractivity contribution < 1.29 is 24.2 Å². The molecule has 1 aromatic heterocycles. The second kappa shape index (κ2) is 11.7. The standard InChI is InChI=1S/C24H28N4O6S2/c1-4-27-20(26-9-6-7-15(13-26)23(33)34-5-2)16(14(3)17(12-25)21(27)31)11-18-22(32)28(24(35)36-18)10-8-19(29)30/h11,15H,4-10,13H2,1-3H3,(H,29,30)/b18-11-. The number of thiocarbonyl (C=S) groups is 1. The third-order valence-corrected chi connectivity index (χ3v) is 7.58. The van der Waals surface area contributed by atoms with Gasteiger partial charge in [-0.2, -0.15) is 5.26 Å². The van der Waals surface area contributed by atoms with Crippen LogP contribution >= 0.6 is 24.0 Å². The van der Waals surface area contributed by atoms with Gasteiger partial charge in [-0.25, -0.2) is 0 Å². The summed E-state index contributed by atoms with van der Waals surface area (Å²) in [6.07, 6.45) is 2.74. The van der Waals surface area contributed by atoms with Crippen molar-refractivity contribution in [3.05, 3.63) is 31.9 Å². The van der Waals surface area contributed by atoms with Crippen molar-refractivity contribution >= 4 is 58.0 Å². The Balaban J connectivity index is 2.13. The number of amides is 1. The fraction of sp³-hybridized carbons (Fsp3) is 0.500. The van der Waals surface area contributed by atoms with Gasteiger partial charge in [0.2, 0.25) is 0 Å². The summed E-state index contributed by atoms with van der Waals surface area (Å²) in [5.74, 6) is -1.59. The van der Waals surface area contributed by atoms with Gasteiger partial charge in [0.05, 0.1) is 23.9 Å². The lowest BCUT2D eigenvalue weighted by atomic mass is 9.96. The quantitative estimate of drug-likeness (QED) is 0.302. The number of thioether (sulfide) groups is 1. The molecule has 12 heteroatoms. The van der Waals surface area contributed by atoms with Crippen molar-refractivity contribution in [1.82, 2.24) is 9.47 Å². The van der Waals surface area contributed by atoms with Gasteiger partial charge in [0, 0.05) is 31.7 Å². The predicted molar refractivity (Wildman–Crippen MR) is 140 cm³/mol. The van der Waals surface area contributed by atoms with Gasteiger partial charge in [0.15, 0.2) is 0 Å². The minimum Gasteiger partial charge on any atom is -0.481 e. The number of esters is 1. The Kier molecular flexibility index (Phi) is 8.92. The zero-order valence-corrected chi connectivity index (χ0v) is 22.0. The monoisotopic (exact) mass is 532 g/mol. The van der Waals surface area contributed by atoms with Crippen molar-refractivity contribution in [3.63, 3.8) is 0 Å². The summed E-state index contributed by atoms with van der Waals surface area (Å²) in [5, 5.41) is 18.7. The van der Waals surface area contributed by atoms with Crippen LogP contribution in [0.1, 0.15) is 49.8 Å². The molecule has 2 aliphatic rings. The Morgan fingerprint density at radius 1 is 1.33 bits per heavy atom. The summed E-state index contributed by atoms with van der Waals surface area (Å²) < 4.78 is 6.97. The molecule has 1 N–H and O–H groups in total. The Labute approximate surface area is 218 Å². The number of ether oxygens (including phenoxy) is 1. The molecule has 0 aromatic carbocycles. The number of pyridine rings is 1. The number of carbonyl (C=O) groups excluding carboxylic acids is 2. The molecule has 36 heavy (non-hydrogen) atoms. The topological polar surface area (TPSA) is 133 Å². The maximum absolute atomic E-state index is 13.2.